The van der Waals surface area contributed by atoms with E-state index in [0.29, 0.717) is 51.2 Å². The summed E-state index contributed by atoms with van der Waals surface area (Å²) in [4.78, 5) is 47.9. The predicted molar refractivity (Wildman–Crippen MR) is 372 cm³/mol. The highest BCUT2D eigenvalue weighted by Crippen LogP contribution is 2.24. The summed E-state index contributed by atoms with van der Waals surface area (Å²) in [6.45, 7) is 22.3. The molecule has 0 saturated heterocycles. The number of carbonyl (C=O) groups is 2. The third kappa shape index (κ3) is 25.1. The average molecular weight is 1260 g/mol. The van der Waals surface area contributed by atoms with Gasteiger partial charge in [0.25, 0.3) is 5.56 Å². The van der Waals surface area contributed by atoms with Gasteiger partial charge in [-0.3, -0.25) is 4.79 Å². The van der Waals surface area contributed by atoms with Crippen LogP contribution in [0.3, 0.4) is 0 Å². The van der Waals surface area contributed by atoms with Crippen molar-refractivity contribution in [1.29, 1.82) is 0 Å². The number of unbranched alkanes of at least 4 members (excludes halogenated alkanes) is 1. The number of carbonyl (C=O) groups excluding carboxylic acids is 2. The Morgan fingerprint density at radius 1 is 0.549 bits per heavy atom. The Balaban J connectivity index is 0.000000218. The minimum atomic E-state index is -0.536. The molecule has 15 nitrogen and oxygen atoms in total. The zero-order valence-electron chi connectivity index (χ0n) is 54.9. The molecule has 6 aromatic carbocycles. The van der Waals surface area contributed by atoms with E-state index < -0.39 is 11.2 Å². The third-order valence-corrected chi connectivity index (χ3v) is 15.1. The van der Waals surface area contributed by atoms with Crippen LogP contribution in [0.25, 0.3) is 32.3 Å². The maximum Gasteiger partial charge on any atom is 0.410 e. The van der Waals surface area contributed by atoms with Gasteiger partial charge in [0.1, 0.15) is 11.2 Å². The monoisotopic (exact) mass is 1250 g/mol. The summed E-state index contributed by atoms with van der Waals surface area (Å²) >= 11 is 0. The second-order valence-electron chi connectivity index (χ2n) is 25.3. The largest absolute Gasteiger partial charge is 0.619 e. The number of methoxy groups -OCH3 is 1. The number of rotatable bonds is 25. The van der Waals surface area contributed by atoms with Crippen LogP contribution < -0.4 is 31.0 Å². The van der Waals surface area contributed by atoms with E-state index in [1.54, 1.807) is 35.5 Å². The molecule has 0 aliphatic rings. The SMILES string of the molecule is COc1nccc2cc(CN[C@H](C)CN(CCc3ccccc3)C(=O)OC(C)(C)C)ccc12.C[C@H](CCCCc1ccccc1)NCc1ccc2c(=O)[nH]ccc2c1.C[C@H](CN(CCc1ccccc1)C(=O)OC(C)(C)C)NCc1ccc2c[n+]([O-])ccc2c1.Cl. The van der Waals surface area contributed by atoms with E-state index in [-0.39, 0.29) is 42.2 Å². The van der Waals surface area contributed by atoms with Crippen LogP contribution in [0.15, 0.2) is 193 Å². The van der Waals surface area contributed by atoms with Crippen molar-refractivity contribution in [3.63, 3.8) is 0 Å². The van der Waals surface area contributed by atoms with Gasteiger partial charge in [-0.1, -0.05) is 116 Å². The number of H-pyrrole nitrogens is 1. The number of nitrogens with one attached hydrogen (secondary N) is 4. The molecular weight excluding hydrogens is 1160 g/mol. The van der Waals surface area contributed by atoms with Crippen molar-refractivity contribution in [1.82, 2.24) is 35.7 Å². The number of fused-ring (bicyclic) bond motifs is 3. The lowest BCUT2D eigenvalue weighted by atomic mass is 10.0. The molecule has 0 unspecified atom stereocenters. The van der Waals surface area contributed by atoms with E-state index >= 15 is 0 Å². The van der Waals surface area contributed by atoms with Crippen molar-refractivity contribution >= 4 is 56.9 Å². The number of nitrogens with zero attached hydrogens (tertiary/aromatic N) is 4. The molecule has 0 spiro atoms. The van der Waals surface area contributed by atoms with Gasteiger partial charge in [0.05, 0.1) is 7.11 Å². The lowest BCUT2D eigenvalue weighted by Crippen LogP contribution is -2.45. The molecule has 91 heavy (non-hydrogen) atoms. The molecular formula is C75H95ClN8O7. The van der Waals surface area contributed by atoms with Crippen molar-refractivity contribution in [2.75, 3.05) is 33.3 Å². The first-order chi connectivity index (χ1) is 43.2. The Labute approximate surface area is 544 Å². The first kappa shape index (κ1) is 71.7. The minimum Gasteiger partial charge on any atom is -0.619 e. The fourth-order valence-corrected chi connectivity index (χ4v) is 10.3. The molecule has 0 saturated carbocycles. The first-order valence-electron chi connectivity index (χ1n) is 31.6. The number of hydrogen-bond donors (Lipinski definition) is 4. The molecule has 0 aliphatic heterocycles. The molecule has 0 fully saturated rings. The normalized spacial score (nSPS) is 12.3. The summed E-state index contributed by atoms with van der Waals surface area (Å²) in [5.74, 6) is 0.631. The quantitative estimate of drug-likeness (QED) is 0.0243. The van der Waals surface area contributed by atoms with Gasteiger partial charge in [-0.05, 0) is 192 Å². The maximum atomic E-state index is 12.9. The highest BCUT2D eigenvalue weighted by molar-refractivity contribution is 5.87. The van der Waals surface area contributed by atoms with E-state index in [9.17, 15) is 19.6 Å². The first-order valence-corrected chi connectivity index (χ1v) is 31.6. The summed E-state index contributed by atoms with van der Waals surface area (Å²) in [6.07, 6.45) is 12.3. The number of aromatic amines is 1. The molecule has 0 radical (unpaired) electrons. The molecule has 484 valence electrons. The molecule has 0 bridgehead atoms. The van der Waals surface area contributed by atoms with Gasteiger partial charge in [-0.2, -0.15) is 4.73 Å². The summed E-state index contributed by atoms with van der Waals surface area (Å²) in [7, 11) is 1.63. The number of halogens is 1. The van der Waals surface area contributed by atoms with Gasteiger partial charge in [0.2, 0.25) is 5.88 Å². The van der Waals surface area contributed by atoms with Gasteiger partial charge in [-0.15, -0.1) is 12.4 Å². The fraction of sp³-hybridized carbons (Fsp3) is 0.373. The summed E-state index contributed by atoms with van der Waals surface area (Å²) in [5, 5.41) is 27.8. The minimum absolute atomic E-state index is 0. The van der Waals surface area contributed by atoms with Gasteiger partial charge < -0.3 is 50.2 Å². The van der Waals surface area contributed by atoms with Crippen molar-refractivity contribution < 1.29 is 28.5 Å². The second-order valence-corrected chi connectivity index (χ2v) is 25.3. The number of hydrogen-bond acceptors (Lipinski definition) is 11. The topological polar surface area (TPSA) is 177 Å². The van der Waals surface area contributed by atoms with Gasteiger partial charge in [0, 0.05) is 98.6 Å². The third-order valence-electron chi connectivity index (χ3n) is 15.1. The lowest BCUT2D eigenvalue weighted by molar-refractivity contribution is -0.603. The lowest BCUT2D eigenvalue weighted by Gasteiger charge is -2.29. The molecule has 9 aromatic rings. The van der Waals surface area contributed by atoms with Crippen molar-refractivity contribution in [2.24, 2.45) is 0 Å². The summed E-state index contributed by atoms with van der Waals surface area (Å²) < 4.78 is 17.5. The molecule has 0 aliphatic carbocycles. The summed E-state index contributed by atoms with van der Waals surface area (Å²) in [6, 6.07) is 55.8. The van der Waals surface area contributed by atoms with E-state index in [0.717, 1.165) is 74.0 Å². The van der Waals surface area contributed by atoms with Crippen LogP contribution in [0.5, 0.6) is 5.88 Å². The van der Waals surface area contributed by atoms with E-state index in [1.807, 2.05) is 126 Å². The number of aryl methyl sites for hydroxylation is 1. The van der Waals surface area contributed by atoms with Crippen LogP contribution in [0.1, 0.15) is 115 Å². The van der Waals surface area contributed by atoms with Crippen LogP contribution in [-0.2, 0) is 48.4 Å². The van der Waals surface area contributed by atoms with E-state index in [1.165, 1.54) is 47.7 Å². The van der Waals surface area contributed by atoms with Crippen LogP contribution in [0.4, 0.5) is 9.59 Å². The number of amides is 2. The number of ether oxygens (including phenoxy) is 3. The highest BCUT2D eigenvalue weighted by Gasteiger charge is 2.25. The number of benzene rings is 6. The Morgan fingerprint density at radius 3 is 1.52 bits per heavy atom. The predicted octanol–water partition coefficient (Wildman–Crippen LogP) is 14.5. The van der Waals surface area contributed by atoms with Crippen LogP contribution in [0, 0.1) is 5.21 Å². The molecule has 3 heterocycles. The molecule has 3 aromatic heterocycles. The maximum absolute atomic E-state index is 12.9. The van der Waals surface area contributed by atoms with Crippen LogP contribution in [0.2, 0.25) is 0 Å². The summed E-state index contributed by atoms with van der Waals surface area (Å²) in [5.41, 5.74) is 6.24. The fourth-order valence-electron chi connectivity index (χ4n) is 10.3. The molecule has 9 rings (SSSR count). The van der Waals surface area contributed by atoms with E-state index in [2.05, 4.69) is 126 Å². The Bertz CT molecular complexity index is 3710. The zero-order valence-corrected chi connectivity index (χ0v) is 55.7. The van der Waals surface area contributed by atoms with E-state index in [4.69, 9.17) is 14.2 Å². The van der Waals surface area contributed by atoms with Gasteiger partial charge in [0.15, 0.2) is 12.4 Å². The van der Waals surface area contributed by atoms with Crippen molar-refractivity contribution in [3.8, 4) is 5.88 Å². The molecule has 3 atom stereocenters. The highest BCUT2D eigenvalue weighted by atomic mass is 35.5. The van der Waals surface area contributed by atoms with Crippen molar-refractivity contribution in [3.05, 3.63) is 238 Å². The number of pyridine rings is 3. The van der Waals surface area contributed by atoms with Gasteiger partial charge in [-0.25, -0.2) is 14.6 Å². The van der Waals surface area contributed by atoms with Crippen molar-refractivity contribution in [2.45, 2.75) is 150 Å². The zero-order chi connectivity index (χ0) is 64.5. The number of aromatic nitrogens is 3. The Kier molecular flexibility index (Phi) is 28.3. The Morgan fingerprint density at radius 2 is 1.01 bits per heavy atom. The van der Waals surface area contributed by atoms with Gasteiger partial charge >= 0.3 is 12.2 Å². The standard InChI is InChI=1S/C27H35N3O3.C26H33N3O3.C22H26N2O.ClH/c1-20(29-18-22-11-12-24-23(17-22)13-15-28-25(24)32-5)19-30(26(31)33-27(2,3)4)16-14-21-9-7-6-8-10-21;1-20(27-17-22-10-11-24-19-29(31)15-13-23(24)16-22)18-28(25(30)32-26(2,3)4)14-12-21-8-6-5-7-9-21;1-17(7-5-6-10-18-8-3-2-4-9-18)24-16-19-11-12-21-20(15-19)13-14-23-22(21)25;/h6-13,15,17,20,29H,14,16,18-19H2,1-5H3;5-11,13,15-16,19-20,27H,12,14,17-18H2,1-4H3;2-4,8-9,11-15,17,24H,5-7,10,16H2,1H3,(H,23,25);1H/t2*20-;17-;/m111./s1. The Hall–Kier alpha value is -8.34. The van der Waals surface area contributed by atoms with Crippen LogP contribution in [-0.4, -0.2) is 94.6 Å². The van der Waals surface area contributed by atoms with Crippen LogP contribution >= 0.6 is 12.4 Å². The smallest absolute Gasteiger partial charge is 0.410 e. The molecule has 4 N–H and O–H groups in total. The second kappa shape index (κ2) is 35.9. The molecule has 16 heteroatoms. The molecule has 2 amide bonds. The average Bonchev–Trinajstić information content (AvgIpc) is 1.94.